The maximum Gasteiger partial charge on any atom is 0.272 e. The molecule has 1 aromatic heterocycles. The van der Waals surface area contributed by atoms with Crippen LogP contribution in [0.25, 0.3) is 0 Å². The van der Waals surface area contributed by atoms with Gasteiger partial charge in [0.15, 0.2) is 0 Å². The Morgan fingerprint density at radius 3 is 2.75 bits per heavy atom. The predicted octanol–water partition coefficient (Wildman–Crippen LogP) is 3.63. The fourth-order valence-electron chi connectivity index (χ4n) is 3.77. The number of rotatable bonds is 3. The number of aromatic nitrogens is 1. The first-order valence-electron chi connectivity index (χ1n) is 8.88. The van der Waals surface area contributed by atoms with Crippen LogP contribution in [0.15, 0.2) is 42.6 Å². The van der Waals surface area contributed by atoms with Crippen LogP contribution < -0.4 is 5.32 Å². The van der Waals surface area contributed by atoms with Gasteiger partial charge in [0.05, 0.1) is 0 Å². The topological polar surface area (TPSA) is 45.2 Å². The summed E-state index contributed by atoms with van der Waals surface area (Å²) < 4.78 is 0. The molecule has 2 aromatic rings. The second-order valence-electron chi connectivity index (χ2n) is 6.80. The van der Waals surface area contributed by atoms with Crippen LogP contribution in [0.3, 0.4) is 0 Å². The largest absolute Gasteiger partial charge is 0.382 e. The second kappa shape index (κ2) is 6.63. The van der Waals surface area contributed by atoms with Crippen molar-refractivity contribution in [1.82, 2.24) is 9.88 Å². The molecule has 0 bridgehead atoms. The molecule has 1 aliphatic heterocycles. The summed E-state index contributed by atoms with van der Waals surface area (Å²) in [6.45, 7) is 1.44. The molecule has 0 saturated heterocycles. The number of pyridine rings is 1. The fourth-order valence-corrected chi connectivity index (χ4v) is 3.77. The first-order chi connectivity index (χ1) is 11.8. The molecule has 4 nitrogen and oxygen atoms in total. The van der Waals surface area contributed by atoms with Crippen LogP contribution in [0.1, 0.15) is 47.3 Å². The lowest BCUT2D eigenvalue weighted by Gasteiger charge is -2.28. The molecule has 24 heavy (non-hydrogen) atoms. The van der Waals surface area contributed by atoms with E-state index in [4.69, 9.17) is 0 Å². The van der Waals surface area contributed by atoms with Gasteiger partial charge in [-0.1, -0.05) is 37.1 Å². The van der Waals surface area contributed by atoms with E-state index >= 15 is 0 Å². The molecule has 0 radical (unpaired) electrons. The van der Waals surface area contributed by atoms with Gasteiger partial charge in [0.1, 0.15) is 5.69 Å². The van der Waals surface area contributed by atoms with Crippen LogP contribution in [0.5, 0.6) is 0 Å². The summed E-state index contributed by atoms with van der Waals surface area (Å²) in [6.07, 6.45) is 7.68. The monoisotopic (exact) mass is 321 g/mol. The molecule has 0 atom stereocenters. The smallest absolute Gasteiger partial charge is 0.272 e. The van der Waals surface area contributed by atoms with E-state index < -0.39 is 0 Å². The summed E-state index contributed by atoms with van der Waals surface area (Å²) in [4.78, 5) is 19.1. The van der Waals surface area contributed by atoms with Crippen molar-refractivity contribution < 1.29 is 4.79 Å². The maximum atomic E-state index is 12.8. The average Bonchev–Trinajstić information content (AvgIpc) is 3.14. The third-order valence-electron chi connectivity index (χ3n) is 5.12. The van der Waals surface area contributed by atoms with Gasteiger partial charge >= 0.3 is 0 Å². The zero-order valence-electron chi connectivity index (χ0n) is 13.9. The molecule has 0 spiro atoms. The third-order valence-corrected chi connectivity index (χ3v) is 5.12. The highest BCUT2D eigenvalue weighted by Gasteiger charge is 2.23. The summed E-state index contributed by atoms with van der Waals surface area (Å²) in [6, 6.07) is 12.8. The Kier molecular flexibility index (Phi) is 4.20. The summed E-state index contributed by atoms with van der Waals surface area (Å²) in [5, 5.41) is 3.54. The number of benzene rings is 1. The minimum absolute atomic E-state index is 0.0274. The van der Waals surface area contributed by atoms with Crippen LogP contribution in [0.4, 0.5) is 5.69 Å². The second-order valence-corrected chi connectivity index (χ2v) is 6.80. The first-order valence-corrected chi connectivity index (χ1v) is 8.88. The van der Waals surface area contributed by atoms with Gasteiger partial charge in [-0.05, 0) is 42.5 Å². The lowest BCUT2D eigenvalue weighted by atomic mass is 10.00. The number of nitrogens with zero attached hydrogens (tertiary/aromatic N) is 2. The van der Waals surface area contributed by atoms with Gasteiger partial charge in [-0.15, -0.1) is 0 Å². The molecule has 1 N–H and O–H groups in total. The number of carbonyl (C=O) groups is 1. The van der Waals surface area contributed by atoms with E-state index in [-0.39, 0.29) is 5.91 Å². The van der Waals surface area contributed by atoms with Crippen molar-refractivity contribution >= 4 is 11.6 Å². The van der Waals surface area contributed by atoms with Crippen molar-refractivity contribution in [3.63, 3.8) is 0 Å². The molecule has 1 fully saturated rings. The maximum absolute atomic E-state index is 12.8. The number of nitrogens with one attached hydrogen (secondary N) is 1. The van der Waals surface area contributed by atoms with Crippen LogP contribution in [0, 0.1) is 0 Å². The average molecular weight is 321 g/mol. The van der Waals surface area contributed by atoms with Crippen LogP contribution in [-0.4, -0.2) is 28.4 Å². The van der Waals surface area contributed by atoms with Crippen molar-refractivity contribution in [3.8, 4) is 0 Å². The number of anilines is 1. The van der Waals surface area contributed by atoms with Crippen LogP contribution >= 0.6 is 0 Å². The highest BCUT2D eigenvalue weighted by atomic mass is 16.2. The Hall–Kier alpha value is -2.36. The van der Waals surface area contributed by atoms with E-state index in [9.17, 15) is 4.79 Å². The molecule has 1 aliphatic carbocycles. The molecule has 1 amide bonds. The van der Waals surface area contributed by atoms with Gasteiger partial charge in [0, 0.05) is 31.0 Å². The number of hydrogen-bond acceptors (Lipinski definition) is 3. The molecule has 124 valence electrons. The molecule has 1 aromatic carbocycles. The molecular formula is C20H23N3O. The van der Waals surface area contributed by atoms with Gasteiger partial charge in [-0.25, -0.2) is 0 Å². The van der Waals surface area contributed by atoms with E-state index in [0.29, 0.717) is 18.3 Å². The zero-order chi connectivity index (χ0) is 16.4. The van der Waals surface area contributed by atoms with E-state index in [1.54, 1.807) is 6.20 Å². The van der Waals surface area contributed by atoms with Crippen molar-refractivity contribution in [1.29, 1.82) is 0 Å². The summed E-state index contributed by atoms with van der Waals surface area (Å²) in [5.41, 5.74) is 4.15. The Balaban J connectivity index is 1.48. The SMILES string of the molecule is O=C(c1cc(NC2CCCC2)ccn1)N1CCc2ccccc2C1. The van der Waals surface area contributed by atoms with Gasteiger partial charge in [-0.2, -0.15) is 0 Å². The van der Waals surface area contributed by atoms with Crippen LogP contribution in [0.2, 0.25) is 0 Å². The first kappa shape index (κ1) is 15.2. The minimum atomic E-state index is 0.0274. The molecule has 2 heterocycles. The van der Waals surface area contributed by atoms with Crippen LogP contribution in [-0.2, 0) is 13.0 Å². The third kappa shape index (κ3) is 3.14. The minimum Gasteiger partial charge on any atom is -0.382 e. The molecular weight excluding hydrogens is 298 g/mol. The highest BCUT2D eigenvalue weighted by Crippen LogP contribution is 2.23. The Morgan fingerprint density at radius 1 is 1.12 bits per heavy atom. The molecule has 2 aliphatic rings. The highest BCUT2D eigenvalue weighted by molar-refractivity contribution is 5.93. The standard InChI is InChI=1S/C20H23N3O/c24-20(23-12-10-15-5-1-2-6-16(15)14-23)19-13-18(9-11-21-19)22-17-7-3-4-8-17/h1-2,5-6,9,11,13,17H,3-4,7-8,10,12,14H2,(H,21,22). The van der Waals surface area contributed by atoms with E-state index in [0.717, 1.165) is 18.7 Å². The number of amides is 1. The summed E-state index contributed by atoms with van der Waals surface area (Å²) >= 11 is 0. The van der Waals surface area contributed by atoms with Gasteiger partial charge < -0.3 is 10.2 Å². The molecule has 1 saturated carbocycles. The van der Waals surface area contributed by atoms with E-state index in [1.807, 2.05) is 23.1 Å². The van der Waals surface area contributed by atoms with Crippen molar-refractivity contribution in [3.05, 3.63) is 59.4 Å². The Morgan fingerprint density at radius 2 is 1.92 bits per heavy atom. The summed E-state index contributed by atoms with van der Waals surface area (Å²) in [7, 11) is 0. The van der Waals surface area contributed by atoms with Gasteiger partial charge in [0.25, 0.3) is 5.91 Å². The zero-order valence-corrected chi connectivity index (χ0v) is 13.9. The predicted molar refractivity (Wildman–Crippen MR) is 95.0 cm³/mol. The molecule has 4 heteroatoms. The van der Waals surface area contributed by atoms with Gasteiger partial charge in [-0.3, -0.25) is 9.78 Å². The number of fused-ring (bicyclic) bond motifs is 1. The Labute approximate surface area is 142 Å². The normalized spacial score (nSPS) is 17.6. The summed E-state index contributed by atoms with van der Waals surface area (Å²) in [5.74, 6) is 0.0274. The quantitative estimate of drug-likeness (QED) is 0.939. The van der Waals surface area contributed by atoms with Gasteiger partial charge in [0.2, 0.25) is 0 Å². The van der Waals surface area contributed by atoms with E-state index in [2.05, 4.69) is 28.5 Å². The number of carbonyl (C=O) groups excluding carboxylic acids is 1. The lowest BCUT2D eigenvalue weighted by Crippen LogP contribution is -2.36. The fraction of sp³-hybridized carbons (Fsp3) is 0.400. The van der Waals surface area contributed by atoms with Crippen molar-refractivity contribution in [2.75, 3.05) is 11.9 Å². The van der Waals surface area contributed by atoms with Crippen molar-refractivity contribution in [2.24, 2.45) is 0 Å². The van der Waals surface area contributed by atoms with E-state index in [1.165, 1.54) is 36.8 Å². The molecule has 4 rings (SSSR count). The number of hydrogen-bond donors (Lipinski definition) is 1. The lowest BCUT2D eigenvalue weighted by molar-refractivity contribution is 0.0729. The van der Waals surface area contributed by atoms with Crippen molar-refractivity contribution in [2.45, 2.75) is 44.7 Å². The Bertz CT molecular complexity index is 737. The molecule has 0 unspecified atom stereocenters.